The SMILES string of the molecule is Cc1cccc(N=C2NC(=O)/C(=C/c3cc4c(cc3Cl)N(C)C(C)(C)C[C@@H]4C)S2)c1. The summed E-state index contributed by atoms with van der Waals surface area (Å²) in [4.78, 5) is 20.0. The summed E-state index contributed by atoms with van der Waals surface area (Å²) in [5, 5.41) is 4.09. The van der Waals surface area contributed by atoms with Crippen LogP contribution in [-0.4, -0.2) is 23.7 Å². The smallest absolute Gasteiger partial charge is 0.264 e. The van der Waals surface area contributed by atoms with Gasteiger partial charge in [-0.15, -0.1) is 0 Å². The average Bonchev–Trinajstić information content (AvgIpc) is 2.99. The molecule has 2 aromatic rings. The standard InChI is InChI=1S/C24H26ClN3OS/c1-14-7-6-8-17(9-14)26-23-27-22(29)21(30-23)11-16-10-18-15(2)13-24(3,4)28(5)20(18)12-19(16)25/h6-12,15H,13H2,1-5H3,(H,26,27,29)/b21-11-/t15-/m0/s1. The van der Waals surface area contributed by atoms with Crippen LogP contribution in [0.1, 0.15) is 49.8 Å². The minimum atomic E-state index is -0.147. The maximum absolute atomic E-state index is 12.5. The van der Waals surface area contributed by atoms with E-state index in [0.717, 1.165) is 28.9 Å². The third kappa shape index (κ3) is 4.01. The first kappa shape index (κ1) is 21.0. The second-order valence-electron chi connectivity index (χ2n) is 8.73. The third-order valence-corrected chi connectivity index (χ3v) is 7.16. The Morgan fingerprint density at radius 3 is 2.80 bits per heavy atom. The van der Waals surface area contributed by atoms with E-state index in [1.807, 2.05) is 43.3 Å². The minimum absolute atomic E-state index is 0.0814. The first-order valence-corrected chi connectivity index (χ1v) is 11.3. The van der Waals surface area contributed by atoms with Crippen LogP contribution in [0, 0.1) is 6.92 Å². The number of anilines is 1. The molecule has 0 spiro atoms. The van der Waals surface area contributed by atoms with Gasteiger partial charge in [-0.2, -0.15) is 0 Å². The van der Waals surface area contributed by atoms with Crippen LogP contribution in [0.4, 0.5) is 11.4 Å². The topological polar surface area (TPSA) is 44.7 Å². The molecular weight excluding hydrogens is 414 g/mol. The zero-order chi connectivity index (χ0) is 21.6. The molecule has 4 nitrogen and oxygen atoms in total. The molecule has 0 radical (unpaired) electrons. The summed E-state index contributed by atoms with van der Waals surface area (Å²) in [6, 6.07) is 12.0. The average molecular weight is 440 g/mol. The van der Waals surface area contributed by atoms with Gasteiger partial charge in [0.25, 0.3) is 5.91 Å². The predicted octanol–water partition coefficient (Wildman–Crippen LogP) is 6.26. The Kier molecular flexibility index (Phi) is 5.45. The largest absolute Gasteiger partial charge is 0.369 e. The first-order chi connectivity index (χ1) is 14.1. The van der Waals surface area contributed by atoms with Gasteiger partial charge in [0.2, 0.25) is 0 Å². The van der Waals surface area contributed by atoms with Crippen molar-refractivity contribution in [3.63, 3.8) is 0 Å². The summed E-state index contributed by atoms with van der Waals surface area (Å²) < 4.78 is 0. The van der Waals surface area contributed by atoms with Crippen LogP contribution >= 0.6 is 23.4 Å². The van der Waals surface area contributed by atoms with Crippen molar-refractivity contribution in [2.24, 2.45) is 4.99 Å². The summed E-state index contributed by atoms with van der Waals surface area (Å²) in [5.41, 5.74) is 5.33. The molecule has 2 aliphatic heterocycles. The first-order valence-electron chi connectivity index (χ1n) is 10.1. The fourth-order valence-corrected chi connectivity index (χ4v) is 5.20. The van der Waals surface area contributed by atoms with E-state index in [1.165, 1.54) is 17.3 Å². The molecule has 0 saturated carbocycles. The number of thioether (sulfide) groups is 1. The van der Waals surface area contributed by atoms with Crippen molar-refractivity contribution < 1.29 is 4.79 Å². The Morgan fingerprint density at radius 2 is 2.07 bits per heavy atom. The van der Waals surface area contributed by atoms with Gasteiger partial charge in [0.05, 0.1) is 10.6 Å². The van der Waals surface area contributed by atoms with Crippen molar-refractivity contribution >= 4 is 51.9 Å². The maximum atomic E-state index is 12.5. The number of nitrogens with zero attached hydrogens (tertiary/aromatic N) is 2. The van der Waals surface area contributed by atoms with Crippen molar-refractivity contribution in [3.8, 4) is 0 Å². The Bertz CT molecular complexity index is 1090. The van der Waals surface area contributed by atoms with Crippen LogP contribution in [-0.2, 0) is 4.79 Å². The zero-order valence-corrected chi connectivity index (χ0v) is 19.5. The number of aliphatic imine (C=N–C) groups is 1. The number of amides is 1. The van der Waals surface area contributed by atoms with E-state index < -0.39 is 0 Å². The highest BCUT2D eigenvalue weighted by Gasteiger charge is 2.34. The Morgan fingerprint density at radius 1 is 1.30 bits per heavy atom. The molecule has 1 N–H and O–H groups in total. The van der Waals surface area contributed by atoms with Crippen molar-refractivity contribution in [2.45, 2.75) is 45.6 Å². The van der Waals surface area contributed by atoms with Crippen molar-refractivity contribution in [3.05, 3.63) is 63.0 Å². The van der Waals surface area contributed by atoms with Gasteiger partial charge >= 0.3 is 0 Å². The van der Waals surface area contributed by atoms with Gasteiger partial charge in [-0.25, -0.2) is 4.99 Å². The third-order valence-electron chi connectivity index (χ3n) is 5.92. The highest BCUT2D eigenvalue weighted by molar-refractivity contribution is 8.18. The lowest BCUT2D eigenvalue weighted by Crippen LogP contribution is -2.45. The highest BCUT2D eigenvalue weighted by Crippen LogP contribution is 2.45. The second kappa shape index (κ2) is 7.78. The molecule has 0 bridgehead atoms. The Hall–Kier alpha value is -2.24. The molecule has 2 aromatic carbocycles. The van der Waals surface area contributed by atoms with Gasteiger partial charge in [0.1, 0.15) is 0 Å². The fraction of sp³-hybridized carbons (Fsp3) is 0.333. The zero-order valence-electron chi connectivity index (χ0n) is 17.9. The number of hydrogen-bond donors (Lipinski definition) is 1. The molecule has 1 atom stereocenters. The van der Waals surface area contributed by atoms with Crippen molar-refractivity contribution in [1.82, 2.24) is 5.32 Å². The highest BCUT2D eigenvalue weighted by atomic mass is 35.5. The molecule has 0 aromatic heterocycles. The van der Waals surface area contributed by atoms with Crippen LogP contribution in [0.3, 0.4) is 0 Å². The number of aryl methyl sites for hydroxylation is 1. The molecule has 2 heterocycles. The van der Waals surface area contributed by atoms with Crippen LogP contribution < -0.4 is 10.2 Å². The Balaban J connectivity index is 1.66. The Labute approximate surface area is 187 Å². The maximum Gasteiger partial charge on any atom is 0.264 e. The van der Waals surface area contributed by atoms with E-state index in [2.05, 4.69) is 49.1 Å². The van der Waals surface area contributed by atoms with Crippen LogP contribution in [0.2, 0.25) is 5.02 Å². The number of rotatable bonds is 2. The van der Waals surface area contributed by atoms with Crippen molar-refractivity contribution in [2.75, 3.05) is 11.9 Å². The monoisotopic (exact) mass is 439 g/mol. The number of halogens is 1. The van der Waals surface area contributed by atoms with Gasteiger partial charge in [0.15, 0.2) is 5.17 Å². The quantitative estimate of drug-likeness (QED) is 0.561. The molecule has 0 aliphatic carbocycles. The van der Waals surface area contributed by atoms with Gasteiger partial charge in [-0.1, -0.05) is 30.7 Å². The summed E-state index contributed by atoms with van der Waals surface area (Å²) in [6.45, 7) is 8.78. The van der Waals surface area contributed by atoms with Crippen LogP contribution in [0.25, 0.3) is 6.08 Å². The summed E-state index contributed by atoms with van der Waals surface area (Å²) >= 11 is 7.98. The van der Waals surface area contributed by atoms with E-state index in [-0.39, 0.29) is 11.4 Å². The van der Waals surface area contributed by atoms with Crippen molar-refractivity contribution in [1.29, 1.82) is 0 Å². The number of hydrogen-bond acceptors (Lipinski definition) is 4. The number of carbonyl (C=O) groups excluding carboxylic acids is 1. The second-order valence-corrected chi connectivity index (χ2v) is 10.2. The molecule has 0 unspecified atom stereocenters. The van der Waals surface area contributed by atoms with E-state index in [4.69, 9.17) is 11.6 Å². The van der Waals surface area contributed by atoms with Gasteiger partial charge < -0.3 is 10.2 Å². The van der Waals surface area contributed by atoms with Crippen LogP contribution in [0.15, 0.2) is 46.3 Å². The van der Waals surface area contributed by atoms with Gasteiger partial charge in [0, 0.05) is 23.3 Å². The molecule has 1 amide bonds. The lowest BCUT2D eigenvalue weighted by atomic mass is 9.80. The van der Waals surface area contributed by atoms with Gasteiger partial charge in [-0.05, 0) is 91.9 Å². The molecular formula is C24H26ClN3OS. The molecule has 6 heteroatoms. The van der Waals surface area contributed by atoms with E-state index in [9.17, 15) is 4.79 Å². The molecule has 4 rings (SSSR count). The minimum Gasteiger partial charge on any atom is -0.369 e. The lowest BCUT2D eigenvalue weighted by molar-refractivity contribution is -0.115. The van der Waals surface area contributed by atoms with E-state index in [1.54, 1.807) is 0 Å². The number of fused-ring (bicyclic) bond motifs is 1. The summed E-state index contributed by atoms with van der Waals surface area (Å²) in [6.07, 6.45) is 2.94. The number of nitrogens with one attached hydrogen (secondary N) is 1. The van der Waals surface area contributed by atoms with Crippen LogP contribution in [0.5, 0.6) is 0 Å². The normalized spacial score (nSPS) is 23.1. The number of carbonyl (C=O) groups is 1. The predicted molar refractivity (Wildman–Crippen MR) is 129 cm³/mol. The van der Waals surface area contributed by atoms with E-state index in [0.29, 0.717) is 21.0 Å². The number of benzene rings is 2. The van der Waals surface area contributed by atoms with Gasteiger partial charge in [-0.3, -0.25) is 4.79 Å². The molecule has 156 valence electrons. The summed E-state index contributed by atoms with van der Waals surface area (Å²) in [5.74, 6) is 0.274. The molecule has 1 fully saturated rings. The lowest BCUT2D eigenvalue weighted by Gasteiger charge is -2.45. The van der Waals surface area contributed by atoms with E-state index >= 15 is 0 Å². The number of amidine groups is 1. The molecule has 30 heavy (non-hydrogen) atoms. The fourth-order valence-electron chi connectivity index (χ4n) is 4.15. The molecule has 2 aliphatic rings. The summed E-state index contributed by atoms with van der Waals surface area (Å²) in [7, 11) is 2.12. The molecule has 1 saturated heterocycles.